The van der Waals surface area contributed by atoms with Crippen LogP contribution in [0.15, 0.2) is 54.6 Å². The van der Waals surface area contributed by atoms with Crippen LogP contribution in [-0.2, 0) is 0 Å². The van der Waals surface area contributed by atoms with Gasteiger partial charge in [0.25, 0.3) is 5.91 Å². The molecule has 0 radical (unpaired) electrons. The topological polar surface area (TPSA) is 85.1 Å². The molecule has 0 aliphatic carbocycles. The minimum absolute atomic E-state index is 0.287. The van der Waals surface area contributed by atoms with Crippen LogP contribution in [0.3, 0.4) is 0 Å². The third-order valence-electron chi connectivity index (χ3n) is 3.41. The zero-order chi connectivity index (χ0) is 17.1. The molecule has 3 rings (SSSR count). The molecule has 0 aliphatic rings. The van der Waals surface area contributed by atoms with Gasteiger partial charge in [0.1, 0.15) is 5.69 Å². The quantitative estimate of drug-likeness (QED) is 0.764. The second kappa shape index (κ2) is 6.64. The zero-order valence-electron chi connectivity index (χ0n) is 12.9. The predicted octanol–water partition coefficient (Wildman–Crippen LogP) is 3.47. The van der Waals surface area contributed by atoms with Gasteiger partial charge in [0.15, 0.2) is 0 Å². The van der Waals surface area contributed by atoms with Crippen molar-refractivity contribution in [2.45, 2.75) is 6.92 Å². The maximum Gasteiger partial charge on any atom is 0.275 e. The lowest BCUT2D eigenvalue weighted by Gasteiger charge is -2.06. The van der Waals surface area contributed by atoms with E-state index in [0.29, 0.717) is 16.9 Å². The smallest absolute Gasteiger partial charge is 0.275 e. The van der Waals surface area contributed by atoms with Gasteiger partial charge in [-0.25, -0.2) is 4.98 Å². The number of thiazole rings is 1. The van der Waals surface area contributed by atoms with Crippen LogP contribution in [0.2, 0.25) is 0 Å². The summed E-state index contributed by atoms with van der Waals surface area (Å²) in [6.45, 7) is 1.87. The van der Waals surface area contributed by atoms with Crippen molar-refractivity contribution in [1.29, 1.82) is 0 Å². The summed E-state index contributed by atoms with van der Waals surface area (Å²) in [5, 5.41) is 3.62. The molecule has 3 aromatic rings. The lowest BCUT2D eigenvalue weighted by molar-refractivity contribution is 0.0998. The molecule has 0 spiro atoms. The summed E-state index contributed by atoms with van der Waals surface area (Å²) in [7, 11) is 0. The Morgan fingerprint density at radius 1 is 1.04 bits per heavy atom. The fourth-order valence-corrected chi connectivity index (χ4v) is 3.20. The number of anilines is 1. The van der Waals surface area contributed by atoms with Crippen LogP contribution < -0.4 is 11.1 Å². The van der Waals surface area contributed by atoms with Gasteiger partial charge < -0.3 is 11.1 Å². The summed E-state index contributed by atoms with van der Waals surface area (Å²) in [4.78, 5) is 28.9. The Labute approximate surface area is 143 Å². The fourth-order valence-electron chi connectivity index (χ4n) is 2.27. The average molecular weight is 337 g/mol. The largest absolute Gasteiger partial charge is 0.366 e. The highest BCUT2D eigenvalue weighted by atomic mass is 32.1. The first-order chi connectivity index (χ1) is 11.5. The van der Waals surface area contributed by atoms with E-state index in [1.807, 2.05) is 37.3 Å². The molecule has 1 aromatic heterocycles. The van der Waals surface area contributed by atoms with Crippen molar-refractivity contribution >= 4 is 28.8 Å². The van der Waals surface area contributed by atoms with Crippen molar-refractivity contribution in [1.82, 2.24) is 4.98 Å². The molecule has 0 atom stereocenters. The van der Waals surface area contributed by atoms with Gasteiger partial charge >= 0.3 is 0 Å². The minimum atomic E-state index is -0.505. The van der Waals surface area contributed by atoms with Crippen LogP contribution >= 0.6 is 11.3 Å². The van der Waals surface area contributed by atoms with Crippen molar-refractivity contribution in [2.24, 2.45) is 5.73 Å². The van der Waals surface area contributed by atoms with Gasteiger partial charge in [0, 0.05) is 11.3 Å². The Morgan fingerprint density at radius 2 is 1.71 bits per heavy atom. The molecule has 0 fully saturated rings. The van der Waals surface area contributed by atoms with E-state index in [4.69, 9.17) is 5.73 Å². The number of amides is 2. The molecule has 3 N–H and O–H groups in total. The highest BCUT2D eigenvalue weighted by Crippen LogP contribution is 2.30. The molecule has 0 bridgehead atoms. The predicted molar refractivity (Wildman–Crippen MR) is 95.2 cm³/mol. The second-order valence-electron chi connectivity index (χ2n) is 5.17. The van der Waals surface area contributed by atoms with Crippen LogP contribution in [0.5, 0.6) is 0 Å². The summed E-state index contributed by atoms with van der Waals surface area (Å²) in [6.07, 6.45) is 0. The molecule has 120 valence electrons. The summed E-state index contributed by atoms with van der Waals surface area (Å²) in [5.74, 6) is -0.792. The highest BCUT2D eigenvalue weighted by Gasteiger charge is 2.18. The average Bonchev–Trinajstić information content (AvgIpc) is 2.98. The number of benzene rings is 2. The van der Waals surface area contributed by atoms with Gasteiger partial charge in [0.2, 0.25) is 5.91 Å². The molecule has 24 heavy (non-hydrogen) atoms. The van der Waals surface area contributed by atoms with E-state index in [0.717, 1.165) is 15.4 Å². The molecule has 0 unspecified atom stereocenters. The molecule has 0 saturated heterocycles. The van der Waals surface area contributed by atoms with Crippen molar-refractivity contribution in [3.8, 4) is 10.4 Å². The van der Waals surface area contributed by atoms with E-state index < -0.39 is 5.91 Å². The van der Waals surface area contributed by atoms with Crippen LogP contribution in [0.25, 0.3) is 10.4 Å². The van der Waals surface area contributed by atoms with Gasteiger partial charge in [-0.05, 0) is 36.8 Å². The first-order valence-corrected chi connectivity index (χ1v) is 8.10. The summed E-state index contributed by atoms with van der Waals surface area (Å²) < 4.78 is 0. The van der Waals surface area contributed by atoms with E-state index in [-0.39, 0.29) is 5.91 Å². The van der Waals surface area contributed by atoms with Crippen LogP contribution in [-0.4, -0.2) is 16.8 Å². The summed E-state index contributed by atoms with van der Waals surface area (Å²) in [6, 6.07) is 16.1. The van der Waals surface area contributed by atoms with Gasteiger partial charge in [-0.1, -0.05) is 30.3 Å². The number of hydrogen-bond acceptors (Lipinski definition) is 4. The SMILES string of the molecule is Cc1nc(C(=O)Nc2ccc(C(N)=O)cc2)c(-c2ccccc2)s1. The summed E-state index contributed by atoms with van der Waals surface area (Å²) in [5.41, 5.74) is 7.53. The molecule has 2 amide bonds. The van der Waals surface area contributed by atoms with Gasteiger partial charge in [-0.3, -0.25) is 9.59 Å². The van der Waals surface area contributed by atoms with E-state index in [2.05, 4.69) is 10.3 Å². The number of nitrogens with zero attached hydrogens (tertiary/aromatic N) is 1. The normalized spacial score (nSPS) is 10.4. The van der Waals surface area contributed by atoms with Crippen LogP contribution in [0, 0.1) is 6.92 Å². The molecule has 1 heterocycles. The number of nitrogens with two attached hydrogens (primary N) is 1. The molecular weight excluding hydrogens is 322 g/mol. The van der Waals surface area contributed by atoms with E-state index in [1.165, 1.54) is 11.3 Å². The lowest BCUT2D eigenvalue weighted by atomic mass is 10.1. The molecular formula is C18H15N3O2S. The molecule has 0 aliphatic heterocycles. The van der Waals surface area contributed by atoms with Crippen molar-refractivity contribution in [3.63, 3.8) is 0 Å². The number of rotatable bonds is 4. The molecule has 2 aromatic carbocycles. The summed E-state index contributed by atoms with van der Waals surface area (Å²) >= 11 is 1.48. The monoisotopic (exact) mass is 337 g/mol. The number of carbonyl (C=O) groups is 2. The van der Waals surface area contributed by atoms with Gasteiger partial charge in [0.05, 0.1) is 9.88 Å². The third-order valence-corrected chi connectivity index (χ3v) is 4.43. The molecule has 5 nitrogen and oxygen atoms in total. The minimum Gasteiger partial charge on any atom is -0.366 e. The maximum atomic E-state index is 12.6. The maximum absolute atomic E-state index is 12.6. The Hall–Kier alpha value is -2.99. The standard InChI is InChI=1S/C18H15N3O2S/c1-11-20-15(16(24-11)12-5-3-2-4-6-12)18(23)21-14-9-7-13(8-10-14)17(19)22/h2-10H,1H3,(H2,19,22)(H,21,23). The Bertz CT molecular complexity index is 886. The van der Waals surface area contributed by atoms with Crippen LogP contribution in [0.1, 0.15) is 25.9 Å². The van der Waals surface area contributed by atoms with E-state index >= 15 is 0 Å². The van der Waals surface area contributed by atoms with E-state index in [9.17, 15) is 9.59 Å². The number of hydrogen-bond donors (Lipinski definition) is 2. The Morgan fingerprint density at radius 3 is 2.33 bits per heavy atom. The molecule has 0 saturated carbocycles. The number of carbonyl (C=O) groups excluding carboxylic acids is 2. The van der Waals surface area contributed by atoms with Crippen LogP contribution in [0.4, 0.5) is 5.69 Å². The van der Waals surface area contributed by atoms with E-state index in [1.54, 1.807) is 24.3 Å². The number of nitrogens with one attached hydrogen (secondary N) is 1. The van der Waals surface area contributed by atoms with Crippen molar-refractivity contribution in [2.75, 3.05) is 5.32 Å². The van der Waals surface area contributed by atoms with Gasteiger partial charge in [-0.15, -0.1) is 11.3 Å². The number of aromatic nitrogens is 1. The highest BCUT2D eigenvalue weighted by molar-refractivity contribution is 7.15. The third kappa shape index (κ3) is 3.33. The Balaban J connectivity index is 1.87. The zero-order valence-corrected chi connectivity index (χ0v) is 13.8. The first-order valence-electron chi connectivity index (χ1n) is 7.28. The number of primary amides is 1. The Kier molecular flexibility index (Phi) is 4.39. The van der Waals surface area contributed by atoms with Crippen molar-refractivity contribution < 1.29 is 9.59 Å². The second-order valence-corrected chi connectivity index (χ2v) is 6.38. The first kappa shape index (κ1) is 15.9. The fraction of sp³-hybridized carbons (Fsp3) is 0.0556. The van der Waals surface area contributed by atoms with Crippen molar-refractivity contribution in [3.05, 3.63) is 70.9 Å². The lowest BCUT2D eigenvalue weighted by Crippen LogP contribution is -2.14. The molecule has 6 heteroatoms. The van der Waals surface area contributed by atoms with Gasteiger partial charge in [-0.2, -0.15) is 0 Å². The number of aryl methyl sites for hydroxylation is 1.